The maximum absolute atomic E-state index is 5.57. The Morgan fingerprint density at radius 1 is 1.36 bits per heavy atom. The number of hydrazine groups is 2. The summed E-state index contributed by atoms with van der Waals surface area (Å²) in [5.74, 6) is 0. The summed E-state index contributed by atoms with van der Waals surface area (Å²) in [7, 11) is 0. The van der Waals surface area contributed by atoms with Crippen molar-refractivity contribution in [2.75, 3.05) is 6.54 Å². The molecule has 0 rings (SSSR count). The number of hydrogen-bond acceptors (Lipinski definition) is 6. The van der Waals surface area contributed by atoms with Crippen LogP contribution in [0.2, 0.25) is 0 Å². The summed E-state index contributed by atoms with van der Waals surface area (Å²) in [6.07, 6.45) is 0. The Hall–Kier alpha value is 0.763. The summed E-state index contributed by atoms with van der Waals surface area (Å²) >= 11 is 18.7. The van der Waals surface area contributed by atoms with Gasteiger partial charge in [0.1, 0.15) is 0 Å². The third kappa shape index (κ3) is 10.8. The van der Waals surface area contributed by atoms with Crippen LogP contribution in [0.1, 0.15) is 6.92 Å². The third-order valence-electron chi connectivity index (χ3n) is 0.923. The second-order valence-electron chi connectivity index (χ2n) is 2.39. The van der Waals surface area contributed by atoms with Crippen LogP contribution in [0.15, 0.2) is 0 Å². The zero-order valence-electron chi connectivity index (χ0n) is 7.65. The van der Waals surface area contributed by atoms with Crippen LogP contribution in [0.4, 0.5) is 0 Å². The fraction of sp³-hybridized carbons (Fsp3) is 0.600. The van der Waals surface area contributed by atoms with Gasteiger partial charge in [0.2, 0.25) is 0 Å². The predicted molar refractivity (Wildman–Crippen MR) is 66.6 cm³/mol. The number of thiocarbonyl (C=S) groups is 2. The molecule has 0 aromatic carbocycles. The van der Waals surface area contributed by atoms with Crippen LogP contribution in [0.25, 0.3) is 0 Å². The quantitative estimate of drug-likeness (QED) is 0.272. The molecule has 0 bridgehead atoms. The molecule has 4 nitrogen and oxygen atoms in total. The standard InChI is InChI=1S/C5H12N4S4.Zn/c1-3(6)2-9(7-4(10)11)8-5(12)13;/h3H,2,6H2,1H3,(H2,7,10,11)(H2,8,12,13);/q;+2/p-2. The van der Waals surface area contributed by atoms with Crippen molar-refractivity contribution in [1.82, 2.24) is 16.0 Å². The number of nitrogens with two attached hydrogens (primary N) is 1. The van der Waals surface area contributed by atoms with Gasteiger partial charge >= 0.3 is 19.5 Å². The largest absolute Gasteiger partial charge is 2.00 e. The molecule has 9 heteroatoms. The molecule has 0 radical (unpaired) electrons. The van der Waals surface area contributed by atoms with E-state index in [0.29, 0.717) is 6.54 Å². The molecule has 0 aromatic rings. The summed E-state index contributed by atoms with van der Waals surface area (Å²) in [6.45, 7) is 2.34. The molecule has 0 aromatic heterocycles. The zero-order chi connectivity index (χ0) is 10.4. The van der Waals surface area contributed by atoms with E-state index < -0.39 is 0 Å². The van der Waals surface area contributed by atoms with E-state index in [9.17, 15) is 0 Å². The molecule has 0 spiro atoms. The molecule has 0 saturated carbocycles. The average Bonchev–Trinajstić information content (AvgIpc) is 1.80. The van der Waals surface area contributed by atoms with Crippen LogP contribution < -0.4 is 16.6 Å². The van der Waals surface area contributed by atoms with Gasteiger partial charge in [-0.25, -0.2) is 0 Å². The van der Waals surface area contributed by atoms with Gasteiger partial charge in [-0.05, 0) is 15.6 Å². The molecule has 4 N–H and O–H groups in total. The Bertz CT molecular complexity index is 184. The first-order chi connectivity index (χ1) is 5.91. The van der Waals surface area contributed by atoms with Gasteiger partial charge in [-0.15, -0.1) is 5.12 Å². The molecule has 0 aliphatic rings. The molecule has 0 fully saturated rings. The van der Waals surface area contributed by atoms with Crippen LogP contribution in [0, 0.1) is 0 Å². The van der Waals surface area contributed by atoms with Crippen LogP contribution >= 0.6 is 24.4 Å². The van der Waals surface area contributed by atoms with Crippen molar-refractivity contribution >= 4 is 58.3 Å². The Morgan fingerprint density at radius 3 is 1.93 bits per heavy atom. The second-order valence-corrected chi connectivity index (χ2v) is 4.54. The first kappa shape index (κ1) is 17.2. The molecular weight excluding hydrogens is 310 g/mol. The van der Waals surface area contributed by atoms with E-state index in [1.54, 1.807) is 0 Å². The first-order valence-corrected chi connectivity index (χ1v) is 5.03. The van der Waals surface area contributed by atoms with E-state index in [4.69, 9.17) is 5.73 Å². The van der Waals surface area contributed by atoms with E-state index in [-0.39, 0.29) is 34.2 Å². The van der Waals surface area contributed by atoms with Crippen molar-refractivity contribution in [3.63, 3.8) is 0 Å². The van der Waals surface area contributed by atoms with E-state index >= 15 is 0 Å². The smallest absolute Gasteiger partial charge is 0.410 e. The maximum Gasteiger partial charge on any atom is 2.00 e. The molecule has 0 saturated heterocycles. The topological polar surface area (TPSA) is 53.3 Å². The minimum absolute atomic E-state index is 0. The van der Waals surface area contributed by atoms with Gasteiger partial charge in [0, 0.05) is 6.04 Å². The van der Waals surface area contributed by atoms with Crippen molar-refractivity contribution < 1.29 is 19.5 Å². The van der Waals surface area contributed by atoms with Gasteiger partial charge < -0.3 is 66.3 Å². The Morgan fingerprint density at radius 2 is 1.71 bits per heavy atom. The van der Waals surface area contributed by atoms with E-state index in [1.807, 2.05) is 6.92 Å². The summed E-state index contributed by atoms with van der Waals surface area (Å²) in [4.78, 5) is 0. The average molecular weight is 320 g/mol. The number of nitrogens with zero attached hydrogens (tertiary/aromatic N) is 1. The number of nitrogens with one attached hydrogen (secondary N) is 2. The molecule has 0 aliphatic carbocycles. The van der Waals surface area contributed by atoms with Crippen molar-refractivity contribution in [2.24, 2.45) is 5.73 Å². The maximum atomic E-state index is 5.57. The summed E-state index contributed by atoms with van der Waals surface area (Å²) < 4.78 is 0.416. The zero-order valence-corrected chi connectivity index (χ0v) is 13.9. The molecule has 14 heavy (non-hydrogen) atoms. The Labute approximate surface area is 118 Å². The Balaban J connectivity index is 0. The van der Waals surface area contributed by atoms with Crippen molar-refractivity contribution in [2.45, 2.75) is 13.0 Å². The molecule has 76 valence electrons. The minimum Gasteiger partial charge on any atom is -0.410 e. The normalized spacial score (nSPS) is 11.4. The summed E-state index contributed by atoms with van der Waals surface area (Å²) in [5.41, 5.74) is 10.9. The predicted octanol–water partition coefficient (Wildman–Crippen LogP) is -0.694. The van der Waals surface area contributed by atoms with Gasteiger partial charge in [0.25, 0.3) is 0 Å². The molecule has 0 aliphatic heterocycles. The van der Waals surface area contributed by atoms with Crippen LogP contribution in [-0.2, 0) is 44.7 Å². The van der Waals surface area contributed by atoms with Crippen LogP contribution in [0.5, 0.6) is 0 Å². The number of hydrogen-bond donors (Lipinski definition) is 3. The van der Waals surface area contributed by atoms with E-state index in [0.717, 1.165) is 0 Å². The molecule has 0 amide bonds. The van der Waals surface area contributed by atoms with Gasteiger partial charge in [-0.1, -0.05) is 0 Å². The van der Waals surface area contributed by atoms with Crippen molar-refractivity contribution in [3.05, 3.63) is 0 Å². The van der Waals surface area contributed by atoms with Crippen molar-refractivity contribution in [1.29, 1.82) is 0 Å². The summed E-state index contributed by atoms with van der Waals surface area (Å²) in [5, 5.41) is 1.48. The minimum atomic E-state index is -0.0475. The molecule has 1 atom stereocenters. The van der Waals surface area contributed by atoms with Crippen LogP contribution in [-0.4, -0.2) is 26.3 Å². The van der Waals surface area contributed by atoms with Gasteiger partial charge in [-0.3, -0.25) is 0 Å². The fourth-order valence-corrected chi connectivity index (χ4v) is 1.07. The van der Waals surface area contributed by atoms with Gasteiger partial charge in [0.15, 0.2) is 0 Å². The monoisotopic (exact) mass is 318 g/mol. The fourth-order valence-electron chi connectivity index (χ4n) is 0.628. The van der Waals surface area contributed by atoms with Crippen molar-refractivity contribution in [3.8, 4) is 0 Å². The SMILES string of the molecule is CC(N)CN(NC(=S)[S-])NC(=S)[S-].[Zn+2]. The van der Waals surface area contributed by atoms with Gasteiger partial charge in [-0.2, -0.15) is 0 Å². The van der Waals surface area contributed by atoms with Gasteiger partial charge in [0.05, 0.1) is 6.54 Å². The van der Waals surface area contributed by atoms with E-state index in [2.05, 4.69) is 60.5 Å². The second kappa shape index (κ2) is 9.02. The third-order valence-corrected chi connectivity index (χ3v) is 1.29. The summed E-state index contributed by atoms with van der Waals surface area (Å²) in [6, 6.07) is -0.0475. The van der Waals surface area contributed by atoms with E-state index in [1.165, 1.54) is 5.12 Å². The molecular formula is C5H10N4S4Zn. The van der Waals surface area contributed by atoms with Crippen LogP contribution in [0.3, 0.4) is 0 Å². The number of rotatable bonds is 4. The first-order valence-electron chi connectivity index (χ1n) is 3.40. The Kier molecular flexibility index (Phi) is 11.1. The molecule has 0 heterocycles. The molecule has 1 unspecified atom stereocenters.